The maximum atomic E-state index is 12.4. The van der Waals surface area contributed by atoms with Crippen molar-refractivity contribution < 1.29 is 9.21 Å². The molecule has 0 saturated carbocycles. The quantitative estimate of drug-likeness (QED) is 0.306. The van der Waals surface area contributed by atoms with Gasteiger partial charge in [-0.05, 0) is 25.1 Å². The Bertz CT molecular complexity index is 987. The molecule has 0 radical (unpaired) electrons. The lowest BCUT2D eigenvalue weighted by Gasteiger charge is -2.00. The van der Waals surface area contributed by atoms with Gasteiger partial charge in [0, 0.05) is 15.6 Å². The topological polar surface area (TPSA) is 56.0 Å². The molecule has 0 fully saturated rings. The summed E-state index contributed by atoms with van der Waals surface area (Å²) in [4.78, 5) is 23.1. The van der Waals surface area contributed by atoms with Crippen LogP contribution in [0.1, 0.15) is 15.4 Å². The second-order valence-corrected chi connectivity index (χ2v) is 7.31. The molecular weight excluding hydrogens is 328 g/mol. The molecule has 23 heavy (non-hydrogen) atoms. The minimum absolute atomic E-state index is 0.0371. The Balaban J connectivity index is 1.56. The van der Waals surface area contributed by atoms with Gasteiger partial charge in [0.15, 0.2) is 5.76 Å². The molecule has 0 saturated heterocycles. The summed E-state index contributed by atoms with van der Waals surface area (Å²) in [7, 11) is 0. The number of rotatable bonds is 4. The number of Topliss-reactive ketones (excluding diaryl/α,β-unsaturated/α-hetero) is 1. The zero-order valence-corrected chi connectivity index (χ0v) is 13.9. The smallest absolute Gasteiger partial charge is 0.208 e. The third-order valence-corrected chi connectivity index (χ3v) is 5.42. The van der Waals surface area contributed by atoms with Crippen molar-refractivity contribution in [3.8, 4) is 0 Å². The molecular formula is C17H12N2O2S2. The van der Waals surface area contributed by atoms with Crippen LogP contribution < -0.4 is 0 Å². The molecule has 0 atom stereocenters. The fourth-order valence-electron chi connectivity index (χ4n) is 2.39. The van der Waals surface area contributed by atoms with Gasteiger partial charge in [0.2, 0.25) is 5.78 Å². The lowest BCUT2D eigenvalue weighted by molar-refractivity contribution is 0.0994. The third kappa shape index (κ3) is 2.75. The number of furan rings is 1. The number of thioether (sulfide) groups is 1. The summed E-state index contributed by atoms with van der Waals surface area (Å²) in [6.07, 6.45) is 1.55. The van der Waals surface area contributed by atoms with Gasteiger partial charge in [-0.3, -0.25) is 4.79 Å². The molecule has 0 aliphatic carbocycles. The van der Waals surface area contributed by atoms with Crippen molar-refractivity contribution in [2.24, 2.45) is 0 Å². The predicted octanol–water partition coefficient (Wildman–Crippen LogP) is 4.72. The number of aromatic nitrogens is 2. The average Bonchev–Trinajstić information content (AvgIpc) is 3.14. The van der Waals surface area contributed by atoms with E-state index in [-0.39, 0.29) is 5.78 Å². The highest BCUT2D eigenvalue weighted by Crippen LogP contribution is 2.31. The van der Waals surface area contributed by atoms with Gasteiger partial charge in [-0.1, -0.05) is 30.0 Å². The molecule has 3 heterocycles. The fourth-order valence-corrected chi connectivity index (χ4v) is 4.15. The van der Waals surface area contributed by atoms with Gasteiger partial charge in [0.05, 0.1) is 5.75 Å². The normalized spacial score (nSPS) is 11.3. The van der Waals surface area contributed by atoms with Crippen molar-refractivity contribution in [3.05, 3.63) is 53.4 Å². The number of fused-ring (bicyclic) bond motifs is 2. The second-order valence-electron chi connectivity index (χ2n) is 5.12. The molecule has 0 spiro atoms. The van der Waals surface area contributed by atoms with E-state index >= 15 is 0 Å². The molecule has 1 aromatic carbocycles. The van der Waals surface area contributed by atoms with Crippen LogP contribution in [0.2, 0.25) is 0 Å². The summed E-state index contributed by atoms with van der Waals surface area (Å²) in [5.74, 6) is 0.649. The number of benzene rings is 1. The molecule has 0 unspecified atom stereocenters. The predicted molar refractivity (Wildman–Crippen MR) is 93.4 cm³/mol. The SMILES string of the molecule is Cc1cc2c(SCC(=O)c3cc4ccccc4o3)ncnc2s1. The molecule has 6 heteroatoms. The van der Waals surface area contributed by atoms with Gasteiger partial charge in [0.25, 0.3) is 0 Å². The van der Waals surface area contributed by atoms with E-state index in [0.29, 0.717) is 11.5 Å². The molecule has 0 amide bonds. The van der Waals surface area contributed by atoms with E-state index < -0.39 is 0 Å². The number of nitrogens with zero attached hydrogens (tertiary/aromatic N) is 2. The minimum atomic E-state index is -0.0371. The summed E-state index contributed by atoms with van der Waals surface area (Å²) in [5.41, 5.74) is 0.735. The summed E-state index contributed by atoms with van der Waals surface area (Å²) in [5, 5.41) is 2.79. The first-order chi connectivity index (χ1) is 11.2. The maximum absolute atomic E-state index is 12.4. The Morgan fingerprint density at radius 3 is 3.00 bits per heavy atom. The van der Waals surface area contributed by atoms with Crippen LogP contribution in [0.25, 0.3) is 21.2 Å². The van der Waals surface area contributed by atoms with Gasteiger partial charge in [0.1, 0.15) is 21.8 Å². The summed E-state index contributed by atoms with van der Waals surface area (Å²) >= 11 is 3.05. The number of carbonyl (C=O) groups excluding carboxylic acids is 1. The number of hydrogen-bond acceptors (Lipinski definition) is 6. The minimum Gasteiger partial charge on any atom is -0.453 e. The van der Waals surface area contributed by atoms with E-state index in [9.17, 15) is 4.79 Å². The molecule has 4 aromatic rings. The summed E-state index contributed by atoms with van der Waals surface area (Å²) < 4.78 is 5.62. The number of aryl methyl sites for hydroxylation is 1. The maximum Gasteiger partial charge on any atom is 0.208 e. The van der Waals surface area contributed by atoms with Crippen LogP contribution in [-0.2, 0) is 0 Å². The highest BCUT2D eigenvalue weighted by molar-refractivity contribution is 8.00. The highest BCUT2D eigenvalue weighted by atomic mass is 32.2. The zero-order valence-electron chi connectivity index (χ0n) is 12.3. The highest BCUT2D eigenvalue weighted by Gasteiger charge is 2.14. The Hall–Kier alpha value is -2.18. The molecule has 0 aliphatic heterocycles. The molecule has 4 rings (SSSR count). The van der Waals surface area contributed by atoms with E-state index in [0.717, 1.165) is 26.2 Å². The first-order valence-electron chi connectivity index (χ1n) is 7.06. The standard InChI is InChI=1S/C17H12N2O2S2/c1-10-6-12-16(18-9-19-17(12)23-10)22-8-13(20)15-7-11-4-2-3-5-14(11)21-15/h2-7,9H,8H2,1H3. The van der Waals surface area contributed by atoms with Gasteiger partial charge in [-0.15, -0.1) is 11.3 Å². The molecule has 114 valence electrons. The Morgan fingerprint density at radius 1 is 1.26 bits per heavy atom. The van der Waals surface area contributed by atoms with Crippen molar-refractivity contribution >= 4 is 50.1 Å². The lowest BCUT2D eigenvalue weighted by Crippen LogP contribution is -2.00. The molecule has 0 aliphatic rings. The van der Waals surface area contributed by atoms with Crippen LogP contribution in [0, 0.1) is 6.92 Å². The average molecular weight is 340 g/mol. The fraction of sp³-hybridized carbons (Fsp3) is 0.118. The third-order valence-electron chi connectivity index (χ3n) is 3.46. The van der Waals surface area contributed by atoms with Crippen molar-refractivity contribution in [2.45, 2.75) is 11.9 Å². The van der Waals surface area contributed by atoms with Crippen LogP contribution in [0.5, 0.6) is 0 Å². The molecule has 4 nitrogen and oxygen atoms in total. The van der Waals surface area contributed by atoms with Crippen molar-refractivity contribution in [1.82, 2.24) is 9.97 Å². The Kier molecular flexibility index (Phi) is 3.63. The second kappa shape index (κ2) is 5.79. The van der Waals surface area contributed by atoms with Gasteiger partial charge < -0.3 is 4.42 Å². The first kappa shape index (κ1) is 14.4. The molecule has 3 aromatic heterocycles. The number of thiophene rings is 1. The monoisotopic (exact) mass is 340 g/mol. The number of carbonyl (C=O) groups is 1. The zero-order chi connectivity index (χ0) is 15.8. The first-order valence-corrected chi connectivity index (χ1v) is 8.86. The van der Waals surface area contributed by atoms with Crippen LogP contribution in [0.4, 0.5) is 0 Å². The number of ketones is 1. The van der Waals surface area contributed by atoms with E-state index in [1.54, 1.807) is 23.7 Å². The summed E-state index contributed by atoms with van der Waals surface area (Å²) in [6.45, 7) is 2.04. The lowest BCUT2D eigenvalue weighted by atomic mass is 10.2. The van der Waals surface area contributed by atoms with Crippen LogP contribution in [0.15, 0.2) is 52.2 Å². The van der Waals surface area contributed by atoms with E-state index in [1.807, 2.05) is 31.2 Å². The van der Waals surface area contributed by atoms with Crippen molar-refractivity contribution in [1.29, 1.82) is 0 Å². The van der Waals surface area contributed by atoms with Gasteiger partial charge in [-0.25, -0.2) is 9.97 Å². The van der Waals surface area contributed by atoms with E-state index in [2.05, 4.69) is 16.0 Å². The molecule has 0 bridgehead atoms. The number of hydrogen-bond donors (Lipinski definition) is 0. The van der Waals surface area contributed by atoms with Crippen LogP contribution in [-0.4, -0.2) is 21.5 Å². The summed E-state index contributed by atoms with van der Waals surface area (Å²) in [6, 6.07) is 11.5. The van der Waals surface area contributed by atoms with Gasteiger partial charge >= 0.3 is 0 Å². The Morgan fingerprint density at radius 2 is 2.13 bits per heavy atom. The van der Waals surface area contributed by atoms with E-state index in [4.69, 9.17) is 4.42 Å². The number of para-hydroxylation sites is 1. The Labute approximate surface area is 140 Å². The van der Waals surface area contributed by atoms with Crippen molar-refractivity contribution in [3.63, 3.8) is 0 Å². The van der Waals surface area contributed by atoms with Crippen LogP contribution >= 0.6 is 23.1 Å². The molecule has 0 N–H and O–H groups in total. The largest absolute Gasteiger partial charge is 0.453 e. The van der Waals surface area contributed by atoms with Crippen LogP contribution in [0.3, 0.4) is 0 Å². The van der Waals surface area contributed by atoms with Gasteiger partial charge in [-0.2, -0.15) is 0 Å². The van der Waals surface area contributed by atoms with E-state index in [1.165, 1.54) is 16.6 Å². The van der Waals surface area contributed by atoms with Crippen molar-refractivity contribution in [2.75, 3.05) is 5.75 Å².